The van der Waals surface area contributed by atoms with E-state index in [9.17, 15) is 43.8 Å². The second kappa shape index (κ2) is 14.7. The quantitative estimate of drug-likeness (QED) is 0.0979. The van der Waals surface area contributed by atoms with Crippen LogP contribution in [0.5, 0.6) is 5.75 Å². The molecule has 208 valence electrons. The highest BCUT2D eigenvalue weighted by atomic mass is 16.4. The van der Waals surface area contributed by atoms with Crippen molar-refractivity contribution in [3.8, 4) is 5.75 Å². The molecule has 0 saturated heterocycles. The third-order valence-electron chi connectivity index (χ3n) is 5.10. The molecule has 6 amide bonds. The van der Waals surface area contributed by atoms with Gasteiger partial charge < -0.3 is 49.1 Å². The first kappa shape index (κ1) is 31.3. The summed E-state index contributed by atoms with van der Waals surface area (Å²) >= 11 is 0. The van der Waals surface area contributed by atoms with Gasteiger partial charge in [-0.25, -0.2) is 4.79 Å². The van der Waals surface area contributed by atoms with Gasteiger partial charge >= 0.3 is 5.97 Å². The van der Waals surface area contributed by atoms with Crippen LogP contribution in [0.15, 0.2) is 24.3 Å². The number of aliphatic carboxylic acids is 1. The third-order valence-corrected chi connectivity index (χ3v) is 5.10. The Morgan fingerprint density at radius 1 is 0.711 bits per heavy atom. The van der Waals surface area contributed by atoms with Gasteiger partial charge in [0.1, 0.15) is 23.9 Å². The molecule has 0 unspecified atom stereocenters. The zero-order valence-corrected chi connectivity index (χ0v) is 20.2. The van der Waals surface area contributed by atoms with Crippen molar-refractivity contribution >= 4 is 41.4 Å². The van der Waals surface area contributed by atoms with Crippen LogP contribution in [0.4, 0.5) is 0 Å². The Balaban J connectivity index is 3.15. The predicted octanol–water partition coefficient (Wildman–Crippen LogP) is -4.18. The van der Waals surface area contributed by atoms with E-state index in [0.29, 0.717) is 5.56 Å². The molecule has 0 heterocycles. The van der Waals surface area contributed by atoms with Gasteiger partial charge in [0, 0.05) is 12.8 Å². The van der Waals surface area contributed by atoms with Crippen LogP contribution < -0.4 is 38.9 Å². The van der Waals surface area contributed by atoms with E-state index in [0.717, 1.165) is 0 Å². The molecule has 1 aromatic carbocycles. The number of rotatable bonds is 16. The Bertz CT molecular complexity index is 1060. The van der Waals surface area contributed by atoms with Crippen molar-refractivity contribution in [2.75, 3.05) is 0 Å². The topological polar surface area (TPSA) is 300 Å². The zero-order chi connectivity index (χ0) is 29.0. The number of phenolic OH excluding ortho intramolecular Hbond substituents is 1. The van der Waals surface area contributed by atoms with Crippen LogP contribution in [-0.4, -0.2) is 75.8 Å². The first-order valence-electron chi connectivity index (χ1n) is 11.2. The highest BCUT2D eigenvalue weighted by Gasteiger charge is 2.31. The molecule has 1 rings (SSSR count). The summed E-state index contributed by atoms with van der Waals surface area (Å²) in [6, 6.07) is -0.466. The second-order valence-corrected chi connectivity index (χ2v) is 8.34. The fourth-order valence-electron chi connectivity index (χ4n) is 3.16. The van der Waals surface area contributed by atoms with E-state index in [1.165, 1.54) is 24.3 Å². The fourth-order valence-corrected chi connectivity index (χ4v) is 3.16. The lowest BCUT2D eigenvalue weighted by Crippen LogP contribution is -2.58. The van der Waals surface area contributed by atoms with E-state index < -0.39 is 78.4 Å². The van der Waals surface area contributed by atoms with Crippen molar-refractivity contribution in [2.45, 2.75) is 56.3 Å². The van der Waals surface area contributed by atoms with Crippen LogP contribution in [0.25, 0.3) is 0 Å². The van der Waals surface area contributed by atoms with Crippen LogP contribution >= 0.6 is 0 Å². The van der Waals surface area contributed by atoms with E-state index in [4.69, 9.17) is 22.9 Å². The molecular weight excluding hydrogens is 506 g/mol. The first-order valence-corrected chi connectivity index (χ1v) is 11.2. The second-order valence-electron chi connectivity index (χ2n) is 8.34. The van der Waals surface area contributed by atoms with Crippen molar-refractivity contribution in [1.82, 2.24) is 16.0 Å². The lowest BCUT2D eigenvalue weighted by Gasteiger charge is -2.24. The Hall–Kier alpha value is -4.73. The molecule has 0 fully saturated rings. The average Bonchev–Trinajstić information content (AvgIpc) is 2.80. The van der Waals surface area contributed by atoms with E-state index >= 15 is 0 Å². The Morgan fingerprint density at radius 3 is 1.71 bits per heavy atom. The van der Waals surface area contributed by atoms with Crippen LogP contribution in [0.2, 0.25) is 0 Å². The van der Waals surface area contributed by atoms with E-state index in [-0.39, 0.29) is 25.0 Å². The summed E-state index contributed by atoms with van der Waals surface area (Å²) in [6.07, 6.45) is -2.15. The number of nitrogens with one attached hydrogen (secondary N) is 3. The number of amides is 6. The number of carboxylic acid groups (broad SMARTS) is 1. The summed E-state index contributed by atoms with van der Waals surface area (Å²) in [4.78, 5) is 83.4. The predicted molar refractivity (Wildman–Crippen MR) is 129 cm³/mol. The lowest BCUT2D eigenvalue weighted by atomic mass is 10.0. The number of phenols is 1. The normalized spacial score (nSPS) is 13.7. The molecule has 0 aliphatic rings. The number of carbonyl (C=O) groups excluding carboxylic acids is 6. The van der Waals surface area contributed by atoms with Gasteiger partial charge in [-0.3, -0.25) is 28.8 Å². The summed E-state index contributed by atoms with van der Waals surface area (Å²) < 4.78 is 0. The third kappa shape index (κ3) is 11.3. The maximum atomic E-state index is 13.1. The van der Waals surface area contributed by atoms with Crippen molar-refractivity contribution in [3.63, 3.8) is 0 Å². The SMILES string of the molecule is NC(=O)CC[C@H](NC(=O)[C@H](CC(N)=O)NC(=O)[C@H](Cc1ccc(O)cc1)NC(=O)[C@@H](N)CC(N)=O)C(=O)O. The number of aromatic hydroxyl groups is 1. The van der Waals surface area contributed by atoms with Gasteiger partial charge in [0.25, 0.3) is 0 Å². The average molecular weight is 538 g/mol. The number of benzene rings is 1. The number of primary amides is 3. The number of nitrogens with two attached hydrogens (primary N) is 4. The largest absolute Gasteiger partial charge is 0.508 e. The van der Waals surface area contributed by atoms with Gasteiger partial charge in [0.05, 0.1) is 18.9 Å². The standard InChI is InChI=1S/C22H31N7O9/c23-12(8-17(25)32)19(34)28-14(7-10-1-3-11(30)4-2-10)20(35)29-15(9-18(26)33)21(36)27-13(22(37)38)5-6-16(24)31/h1-4,12-15,30H,5-9,23H2,(H2,24,31)(H2,25,32)(H2,26,33)(H,27,36)(H,28,34)(H,29,35)(H,37,38)/t12-,13-,14-,15-/m0/s1. The van der Waals surface area contributed by atoms with Crippen LogP contribution in [0.1, 0.15) is 31.2 Å². The molecule has 0 saturated carbocycles. The van der Waals surface area contributed by atoms with Gasteiger partial charge in [0.15, 0.2) is 0 Å². The summed E-state index contributed by atoms with van der Waals surface area (Å²) in [7, 11) is 0. The van der Waals surface area contributed by atoms with E-state index in [2.05, 4.69) is 16.0 Å². The summed E-state index contributed by atoms with van der Waals surface area (Å²) in [5, 5.41) is 25.5. The van der Waals surface area contributed by atoms with Crippen LogP contribution in [0.3, 0.4) is 0 Å². The summed E-state index contributed by atoms with van der Waals surface area (Å²) in [6.45, 7) is 0. The minimum Gasteiger partial charge on any atom is -0.508 e. The van der Waals surface area contributed by atoms with Crippen LogP contribution in [-0.2, 0) is 40.0 Å². The Morgan fingerprint density at radius 2 is 1.21 bits per heavy atom. The summed E-state index contributed by atoms with van der Waals surface area (Å²) in [5.41, 5.74) is 21.3. The first-order chi connectivity index (χ1) is 17.7. The summed E-state index contributed by atoms with van der Waals surface area (Å²) in [5.74, 6) is -7.26. The molecule has 0 aliphatic heterocycles. The van der Waals surface area contributed by atoms with Gasteiger partial charge in [-0.1, -0.05) is 12.1 Å². The molecule has 13 N–H and O–H groups in total. The smallest absolute Gasteiger partial charge is 0.326 e. The number of hydrogen-bond acceptors (Lipinski definition) is 9. The fraction of sp³-hybridized carbons (Fsp3) is 0.409. The maximum Gasteiger partial charge on any atom is 0.326 e. The Kier molecular flexibility index (Phi) is 12.1. The monoisotopic (exact) mass is 537 g/mol. The van der Waals surface area contributed by atoms with Crippen molar-refractivity contribution in [2.24, 2.45) is 22.9 Å². The molecule has 4 atom stereocenters. The molecular formula is C22H31N7O9. The van der Waals surface area contributed by atoms with E-state index in [1.54, 1.807) is 0 Å². The molecule has 1 aromatic rings. The molecule has 16 nitrogen and oxygen atoms in total. The van der Waals surface area contributed by atoms with Gasteiger partial charge in [-0.2, -0.15) is 0 Å². The van der Waals surface area contributed by atoms with Gasteiger partial charge in [0.2, 0.25) is 35.4 Å². The zero-order valence-electron chi connectivity index (χ0n) is 20.2. The number of carbonyl (C=O) groups is 7. The minimum absolute atomic E-state index is 0.0650. The molecule has 38 heavy (non-hydrogen) atoms. The molecule has 16 heteroatoms. The highest BCUT2D eigenvalue weighted by molar-refractivity contribution is 5.96. The van der Waals surface area contributed by atoms with Gasteiger partial charge in [-0.05, 0) is 24.1 Å². The highest BCUT2D eigenvalue weighted by Crippen LogP contribution is 2.12. The number of carboxylic acids is 1. The van der Waals surface area contributed by atoms with Crippen molar-refractivity contribution in [1.29, 1.82) is 0 Å². The van der Waals surface area contributed by atoms with Gasteiger partial charge in [-0.15, -0.1) is 0 Å². The molecule has 0 bridgehead atoms. The molecule has 0 aromatic heterocycles. The maximum absolute atomic E-state index is 13.1. The molecule has 0 radical (unpaired) electrons. The van der Waals surface area contributed by atoms with Crippen LogP contribution in [0, 0.1) is 0 Å². The minimum atomic E-state index is -1.66. The van der Waals surface area contributed by atoms with Crippen molar-refractivity contribution < 1.29 is 43.8 Å². The number of hydrogen-bond donors (Lipinski definition) is 9. The van der Waals surface area contributed by atoms with Crippen molar-refractivity contribution in [3.05, 3.63) is 29.8 Å². The molecule has 0 spiro atoms. The lowest BCUT2D eigenvalue weighted by molar-refractivity contribution is -0.142. The Labute approximate surface area is 216 Å². The molecule has 0 aliphatic carbocycles. The van der Waals surface area contributed by atoms with E-state index in [1.807, 2.05) is 0 Å².